The van der Waals surface area contributed by atoms with Crippen LogP contribution >= 0.6 is 11.3 Å². The summed E-state index contributed by atoms with van der Waals surface area (Å²) in [5, 5.41) is 14.4. The SMILES string of the molecule is CCOC(=O)c1sc(N)c(C#N)c1COC(=O)/C=C/c1cn(-c2ccccc2)nc1-c1ccc(C)cc1. The Morgan fingerprint density at radius 1 is 1.14 bits per heavy atom. The molecule has 2 heterocycles. The summed E-state index contributed by atoms with van der Waals surface area (Å²) in [5.41, 5.74) is 10.6. The minimum Gasteiger partial charge on any atom is -0.462 e. The van der Waals surface area contributed by atoms with Gasteiger partial charge in [0.25, 0.3) is 0 Å². The van der Waals surface area contributed by atoms with E-state index in [0.29, 0.717) is 5.69 Å². The molecule has 2 N–H and O–H groups in total. The second-order valence-electron chi connectivity index (χ2n) is 8.00. The van der Waals surface area contributed by atoms with Crippen LogP contribution in [0.1, 0.15) is 38.8 Å². The van der Waals surface area contributed by atoms with Crippen LogP contribution in [0.2, 0.25) is 0 Å². The molecular formula is C28H24N4O4S. The monoisotopic (exact) mass is 512 g/mol. The van der Waals surface area contributed by atoms with E-state index in [0.717, 1.165) is 33.7 Å². The van der Waals surface area contributed by atoms with Crippen LogP contribution in [-0.4, -0.2) is 28.3 Å². The summed E-state index contributed by atoms with van der Waals surface area (Å²) in [4.78, 5) is 25.0. The molecule has 4 aromatic rings. The van der Waals surface area contributed by atoms with Crippen molar-refractivity contribution in [2.45, 2.75) is 20.5 Å². The summed E-state index contributed by atoms with van der Waals surface area (Å²) in [7, 11) is 0. The maximum Gasteiger partial charge on any atom is 0.348 e. The average Bonchev–Trinajstić information content (AvgIpc) is 3.48. The number of para-hydroxylation sites is 1. The summed E-state index contributed by atoms with van der Waals surface area (Å²) in [5.74, 6) is -1.26. The van der Waals surface area contributed by atoms with Gasteiger partial charge in [0.05, 0.1) is 23.6 Å². The number of nitriles is 1. The number of aromatic nitrogens is 2. The largest absolute Gasteiger partial charge is 0.462 e. The second kappa shape index (κ2) is 11.4. The van der Waals surface area contributed by atoms with E-state index < -0.39 is 11.9 Å². The normalized spacial score (nSPS) is 10.8. The van der Waals surface area contributed by atoms with Crippen molar-refractivity contribution >= 4 is 34.4 Å². The van der Waals surface area contributed by atoms with Crippen LogP contribution in [0.3, 0.4) is 0 Å². The minimum atomic E-state index is -0.647. The standard InChI is InChI=1S/C28H24N4O4S/c1-3-35-28(34)26-23(22(15-29)27(30)37-26)17-36-24(33)14-13-20-16-32(21-7-5-4-6-8-21)31-25(20)19-11-9-18(2)10-12-19/h4-14,16H,3,17,30H2,1-2H3/b14-13+. The molecule has 0 aliphatic heterocycles. The Kier molecular flexibility index (Phi) is 7.81. The lowest BCUT2D eigenvalue weighted by atomic mass is 10.1. The lowest BCUT2D eigenvalue weighted by Gasteiger charge is -2.05. The zero-order valence-electron chi connectivity index (χ0n) is 20.3. The van der Waals surface area contributed by atoms with Crippen LogP contribution in [0.5, 0.6) is 0 Å². The Morgan fingerprint density at radius 3 is 2.54 bits per heavy atom. The maximum atomic E-state index is 12.6. The molecule has 0 unspecified atom stereocenters. The average molecular weight is 513 g/mol. The smallest absolute Gasteiger partial charge is 0.348 e. The highest BCUT2D eigenvalue weighted by molar-refractivity contribution is 7.18. The second-order valence-corrected chi connectivity index (χ2v) is 9.05. The molecule has 9 heteroatoms. The molecule has 8 nitrogen and oxygen atoms in total. The molecule has 0 saturated carbocycles. The molecule has 0 saturated heterocycles. The van der Waals surface area contributed by atoms with Crippen molar-refractivity contribution in [2.75, 3.05) is 12.3 Å². The van der Waals surface area contributed by atoms with E-state index in [-0.39, 0.29) is 34.2 Å². The molecule has 0 bridgehead atoms. The molecule has 0 amide bonds. The number of carbonyl (C=O) groups excluding carboxylic acids is 2. The molecule has 0 fully saturated rings. The third-order valence-corrected chi connectivity index (χ3v) is 6.49. The van der Waals surface area contributed by atoms with E-state index in [1.165, 1.54) is 6.08 Å². The number of aryl methyl sites for hydroxylation is 1. The summed E-state index contributed by atoms with van der Waals surface area (Å²) in [6.45, 7) is 3.56. The van der Waals surface area contributed by atoms with E-state index in [4.69, 9.17) is 20.3 Å². The number of hydrogen-bond donors (Lipinski definition) is 1. The fourth-order valence-corrected chi connectivity index (χ4v) is 4.53. The zero-order valence-corrected chi connectivity index (χ0v) is 21.1. The van der Waals surface area contributed by atoms with Crippen LogP contribution in [0.25, 0.3) is 23.0 Å². The summed E-state index contributed by atoms with van der Waals surface area (Å²) in [6, 6.07) is 19.6. The van der Waals surface area contributed by atoms with Crippen molar-refractivity contribution in [1.82, 2.24) is 9.78 Å². The Hall–Kier alpha value is -4.68. The molecule has 186 valence electrons. The molecular weight excluding hydrogens is 488 g/mol. The molecule has 37 heavy (non-hydrogen) atoms. The third kappa shape index (κ3) is 5.77. The third-order valence-electron chi connectivity index (χ3n) is 5.45. The van der Waals surface area contributed by atoms with Crippen LogP contribution in [0, 0.1) is 18.3 Å². The summed E-state index contributed by atoms with van der Waals surface area (Å²) in [6.07, 6.45) is 4.75. The van der Waals surface area contributed by atoms with Crippen molar-refractivity contribution < 1.29 is 19.1 Å². The van der Waals surface area contributed by atoms with Crippen LogP contribution < -0.4 is 5.73 Å². The first-order valence-corrected chi connectivity index (χ1v) is 12.3. The van der Waals surface area contributed by atoms with Gasteiger partial charge in [-0.2, -0.15) is 10.4 Å². The van der Waals surface area contributed by atoms with Gasteiger partial charge in [-0.15, -0.1) is 11.3 Å². The van der Waals surface area contributed by atoms with Crippen molar-refractivity contribution in [2.24, 2.45) is 0 Å². The van der Waals surface area contributed by atoms with Crippen LogP contribution in [0.4, 0.5) is 5.00 Å². The van der Waals surface area contributed by atoms with Crippen molar-refractivity contribution in [1.29, 1.82) is 5.26 Å². The van der Waals surface area contributed by atoms with Crippen molar-refractivity contribution in [3.63, 3.8) is 0 Å². The van der Waals surface area contributed by atoms with Crippen molar-refractivity contribution in [3.8, 4) is 23.0 Å². The molecule has 0 aliphatic rings. The van der Waals surface area contributed by atoms with Gasteiger partial charge in [0.1, 0.15) is 22.6 Å². The fraction of sp³-hybridized carbons (Fsp3) is 0.143. The number of carbonyl (C=O) groups is 2. The Bertz CT molecular complexity index is 1500. The van der Waals surface area contributed by atoms with E-state index in [1.54, 1.807) is 17.7 Å². The highest BCUT2D eigenvalue weighted by Crippen LogP contribution is 2.32. The Labute approximate surface area is 218 Å². The molecule has 0 aliphatic carbocycles. The van der Waals surface area contributed by atoms with Gasteiger partial charge in [-0.3, -0.25) is 0 Å². The van der Waals surface area contributed by atoms with Gasteiger partial charge in [-0.1, -0.05) is 48.0 Å². The quantitative estimate of drug-likeness (QED) is 0.251. The molecule has 0 atom stereocenters. The number of nitrogens with two attached hydrogens (primary N) is 1. The number of anilines is 1. The first-order chi connectivity index (χ1) is 17.9. The van der Waals surface area contributed by atoms with E-state index in [9.17, 15) is 14.9 Å². The Morgan fingerprint density at radius 2 is 1.86 bits per heavy atom. The van der Waals surface area contributed by atoms with Crippen LogP contribution in [-0.2, 0) is 20.9 Å². The zero-order chi connectivity index (χ0) is 26.4. The molecule has 2 aromatic carbocycles. The van der Waals surface area contributed by atoms with E-state index in [1.807, 2.05) is 73.8 Å². The first kappa shape index (κ1) is 25.4. The molecule has 2 aromatic heterocycles. The minimum absolute atomic E-state index is 0.107. The molecule has 0 radical (unpaired) electrons. The van der Waals surface area contributed by atoms with Crippen molar-refractivity contribution in [3.05, 3.63) is 94.0 Å². The summed E-state index contributed by atoms with van der Waals surface area (Å²) >= 11 is 0.937. The first-order valence-electron chi connectivity index (χ1n) is 11.5. The van der Waals surface area contributed by atoms with Crippen LogP contribution in [0.15, 0.2) is 66.9 Å². The molecule has 0 spiro atoms. The van der Waals surface area contributed by atoms with Gasteiger partial charge >= 0.3 is 11.9 Å². The predicted octanol–water partition coefficient (Wildman–Crippen LogP) is 5.30. The van der Waals surface area contributed by atoms with Gasteiger partial charge in [-0.25, -0.2) is 14.3 Å². The Balaban J connectivity index is 1.58. The van der Waals surface area contributed by atoms with E-state index >= 15 is 0 Å². The number of thiophene rings is 1. The highest BCUT2D eigenvalue weighted by atomic mass is 32.1. The summed E-state index contributed by atoms with van der Waals surface area (Å²) < 4.78 is 12.2. The lowest BCUT2D eigenvalue weighted by molar-refractivity contribution is -0.138. The van der Waals surface area contributed by atoms with Gasteiger partial charge in [0, 0.05) is 29.0 Å². The number of hydrogen-bond acceptors (Lipinski definition) is 8. The van der Waals surface area contributed by atoms with Gasteiger partial charge < -0.3 is 15.2 Å². The number of rotatable bonds is 8. The number of nitrogen functional groups attached to an aromatic ring is 1. The fourth-order valence-electron chi connectivity index (χ4n) is 3.61. The van der Waals surface area contributed by atoms with Gasteiger partial charge in [0.2, 0.25) is 0 Å². The number of benzene rings is 2. The molecule has 4 rings (SSSR count). The predicted molar refractivity (Wildman–Crippen MR) is 142 cm³/mol. The topological polar surface area (TPSA) is 120 Å². The van der Waals surface area contributed by atoms with Gasteiger partial charge in [0.15, 0.2) is 0 Å². The number of ether oxygens (including phenoxy) is 2. The maximum absolute atomic E-state index is 12.6. The lowest BCUT2D eigenvalue weighted by Crippen LogP contribution is -2.08. The van der Waals surface area contributed by atoms with Gasteiger partial charge in [-0.05, 0) is 32.1 Å². The van der Waals surface area contributed by atoms with E-state index in [2.05, 4.69) is 0 Å². The number of esters is 2. The number of nitrogens with zero attached hydrogens (tertiary/aromatic N) is 3. The highest BCUT2D eigenvalue weighted by Gasteiger charge is 2.23.